The van der Waals surface area contributed by atoms with Crippen molar-refractivity contribution < 1.29 is 4.39 Å². The minimum Gasteiger partial charge on any atom is -0.357 e. The second-order valence-corrected chi connectivity index (χ2v) is 7.08. The Morgan fingerprint density at radius 3 is 3.00 bits per heavy atom. The third kappa shape index (κ3) is 4.62. The molecule has 1 atom stereocenters. The van der Waals surface area contributed by atoms with Gasteiger partial charge in [-0.1, -0.05) is 12.1 Å². The summed E-state index contributed by atoms with van der Waals surface area (Å²) >= 11 is 0. The number of aryl methyl sites for hydroxylation is 1. The molecule has 3 rings (SSSR count). The molecular weight excluding hydrogens is 329 g/mol. The fourth-order valence-corrected chi connectivity index (χ4v) is 3.22. The summed E-state index contributed by atoms with van der Waals surface area (Å²) in [5, 5.41) is 11.5. The van der Waals surface area contributed by atoms with Crippen molar-refractivity contribution in [3.05, 3.63) is 53.1 Å². The molecule has 0 fully saturated rings. The lowest BCUT2D eigenvalue weighted by Crippen LogP contribution is -2.45. The maximum absolute atomic E-state index is 13.3. The molecule has 2 aromatic rings. The number of aromatic nitrogens is 2. The third-order valence-corrected chi connectivity index (χ3v) is 4.62. The topological polar surface area (TPSA) is 54.2 Å². The van der Waals surface area contributed by atoms with E-state index < -0.39 is 0 Å². The second kappa shape index (κ2) is 8.34. The maximum Gasteiger partial charge on any atom is 0.191 e. The Balaban J connectivity index is 1.65. The van der Waals surface area contributed by atoms with Gasteiger partial charge in [0.25, 0.3) is 0 Å². The van der Waals surface area contributed by atoms with E-state index in [2.05, 4.69) is 40.4 Å². The van der Waals surface area contributed by atoms with Crippen LogP contribution in [0, 0.1) is 5.82 Å². The van der Waals surface area contributed by atoms with Gasteiger partial charge in [-0.3, -0.25) is 4.68 Å². The molecule has 1 aromatic heterocycles. The quantitative estimate of drug-likeness (QED) is 0.638. The second-order valence-electron chi connectivity index (χ2n) is 7.08. The van der Waals surface area contributed by atoms with Gasteiger partial charge < -0.3 is 10.6 Å². The zero-order valence-corrected chi connectivity index (χ0v) is 15.8. The fraction of sp³-hybridized carbons (Fsp3) is 0.500. The molecule has 0 radical (unpaired) electrons. The highest BCUT2D eigenvalue weighted by atomic mass is 19.1. The molecular formula is C20H28FN5. The predicted octanol–water partition coefficient (Wildman–Crippen LogP) is 3.22. The number of hydrogen-bond donors (Lipinski definition) is 2. The number of hydrogen-bond acceptors (Lipinski definition) is 2. The molecule has 1 aromatic carbocycles. The molecule has 5 nitrogen and oxygen atoms in total. The molecule has 0 saturated heterocycles. The van der Waals surface area contributed by atoms with E-state index in [1.807, 2.05) is 13.0 Å². The molecule has 1 aliphatic rings. The molecule has 0 bridgehead atoms. The molecule has 0 amide bonds. The number of nitrogens with one attached hydrogen (secondary N) is 2. The van der Waals surface area contributed by atoms with Gasteiger partial charge in [-0.2, -0.15) is 5.10 Å². The number of aliphatic imine (C=N–C) groups is 1. The van der Waals surface area contributed by atoms with Crippen LogP contribution < -0.4 is 10.6 Å². The van der Waals surface area contributed by atoms with Crippen LogP contribution in [-0.2, 0) is 19.4 Å². The number of guanidine groups is 1. The van der Waals surface area contributed by atoms with E-state index in [-0.39, 0.29) is 5.82 Å². The van der Waals surface area contributed by atoms with Crippen LogP contribution >= 0.6 is 0 Å². The minimum atomic E-state index is -0.226. The van der Waals surface area contributed by atoms with Crippen molar-refractivity contribution in [2.75, 3.05) is 6.54 Å². The van der Waals surface area contributed by atoms with Crippen LogP contribution in [0.2, 0.25) is 0 Å². The molecule has 0 aliphatic heterocycles. The lowest BCUT2D eigenvalue weighted by molar-refractivity contribution is 0.499. The van der Waals surface area contributed by atoms with Crippen molar-refractivity contribution >= 4 is 5.96 Å². The van der Waals surface area contributed by atoms with Gasteiger partial charge in [-0.05, 0) is 56.9 Å². The van der Waals surface area contributed by atoms with E-state index in [1.165, 1.54) is 23.4 Å². The first kappa shape index (κ1) is 18.4. The number of fused-ring (bicyclic) bond motifs is 1. The molecule has 2 N–H and O–H groups in total. The molecule has 140 valence electrons. The Hall–Kier alpha value is -2.37. The SMILES string of the molecule is CCNC(=NCc1cccc(F)c1)NC1CCc2cn(C(C)C)nc2C1. The number of halogens is 1. The fourth-order valence-electron chi connectivity index (χ4n) is 3.22. The predicted molar refractivity (Wildman–Crippen MR) is 103 cm³/mol. The van der Waals surface area contributed by atoms with Crippen molar-refractivity contribution in [1.29, 1.82) is 0 Å². The van der Waals surface area contributed by atoms with Crippen molar-refractivity contribution in [3.8, 4) is 0 Å². The summed E-state index contributed by atoms with van der Waals surface area (Å²) in [6, 6.07) is 7.28. The molecule has 0 spiro atoms. The average Bonchev–Trinajstić information content (AvgIpc) is 3.04. The van der Waals surface area contributed by atoms with Crippen molar-refractivity contribution in [3.63, 3.8) is 0 Å². The lowest BCUT2D eigenvalue weighted by Gasteiger charge is -2.24. The van der Waals surface area contributed by atoms with Gasteiger partial charge >= 0.3 is 0 Å². The normalized spacial score (nSPS) is 17.3. The van der Waals surface area contributed by atoms with E-state index in [9.17, 15) is 4.39 Å². The van der Waals surface area contributed by atoms with Gasteiger partial charge in [-0.15, -0.1) is 0 Å². The maximum atomic E-state index is 13.3. The molecule has 26 heavy (non-hydrogen) atoms. The van der Waals surface area contributed by atoms with Gasteiger partial charge in [0.15, 0.2) is 5.96 Å². The first-order chi connectivity index (χ1) is 12.5. The highest BCUT2D eigenvalue weighted by Crippen LogP contribution is 2.21. The van der Waals surface area contributed by atoms with Crippen LogP contribution in [0.5, 0.6) is 0 Å². The molecule has 1 heterocycles. The van der Waals surface area contributed by atoms with Crippen LogP contribution in [0.15, 0.2) is 35.5 Å². The van der Waals surface area contributed by atoms with E-state index in [1.54, 1.807) is 6.07 Å². The van der Waals surface area contributed by atoms with E-state index in [4.69, 9.17) is 5.10 Å². The van der Waals surface area contributed by atoms with E-state index in [0.717, 1.165) is 37.3 Å². The first-order valence-electron chi connectivity index (χ1n) is 9.41. The van der Waals surface area contributed by atoms with Gasteiger partial charge in [0.05, 0.1) is 12.2 Å². The Labute approximate surface area is 154 Å². The van der Waals surface area contributed by atoms with Crippen LogP contribution in [0.1, 0.15) is 50.1 Å². The summed E-state index contributed by atoms with van der Waals surface area (Å²) in [5.74, 6) is 0.546. The minimum absolute atomic E-state index is 0.226. The van der Waals surface area contributed by atoms with E-state index in [0.29, 0.717) is 18.6 Å². The molecule has 0 saturated carbocycles. The summed E-state index contributed by atoms with van der Waals surface area (Å²) in [5.41, 5.74) is 3.41. The summed E-state index contributed by atoms with van der Waals surface area (Å²) in [6.07, 6.45) is 5.17. The van der Waals surface area contributed by atoms with Gasteiger partial charge in [-0.25, -0.2) is 9.38 Å². The Kier molecular flexibility index (Phi) is 5.91. The molecule has 6 heteroatoms. The standard InChI is InChI=1S/C20H28FN5/c1-4-22-20(23-12-15-6-5-7-17(21)10-15)24-18-9-8-16-13-26(14(2)3)25-19(16)11-18/h5-7,10,13-14,18H,4,8-9,11-12H2,1-3H3,(H2,22,23,24). The van der Waals surface area contributed by atoms with Crippen molar-refractivity contribution in [2.45, 2.75) is 58.7 Å². The third-order valence-electron chi connectivity index (χ3n) is 4.62. The van der Waals surface area contributed by atoms with Gasteiger partial charge in [0.2, 0.25) is 0 Å². The zero-order chi connectivity index (χ0) is 18.5. The highest BCUT2D eigenvalue weighted by molar-refractivity contribution is 5.80. The molecule has 1 unspecified atom stereocenters. The van der Waals surface area contributed by atoms with Crippen LogP contribution in [0.25, 0.3) is 0 Å². The summed E-state index contributed by atoms with van der Waals surface area (Å²) in [6.45, 7) is 7.58. The van der Waals surface area contributed by atoms with Gasteiger partial charge in [0.1, 0.15) is 5.82 Å². The monoisotopic (exact) mass is 357 g/mol. The Bertz CT molecular complexity index is 765. The lowest BCUT2D eigenvalue weighted by atomic mass is 9.94. The number of nitrogens with zero attached hydrogens (tertiary/aromatic N) is 3. The van der Waals surface area contributed by atoms with Crippen LogP contribution in [0.4, 0.5) is 4.39 Å². The smallest absolute Gasteiger partial charge is 0.191 e. The first-order valence-corrected chi connectivity index (χ1v) is 9.41. The van der Waals surface area contributed by atoms with Gasteiger partial charge in [0, 0.05) is 31.2 Å². The molecule has 1 aliphatic carbocycles. The Morgan fingerprint density at radius 2 is 2.27 bits per heavy atom. The summed E-state index contributed by atoms with van der Waals surface area (Å²) in [7, 11) is 0. The zero-order valence-electron chi connectivity index (χ0n) is 15.8. The van der Waals surface area contributed by atoms with Crippen molar-refractivity contribution in [2.24, 2.45) is 4.99 Å². The number of benzene rings is 1. The summed E-state index contributed by atoms with van der Waals surface area (Å²) in [4.78, 5) is 4.61. The largest absolute Gasteiger partial charge is 0.357 e. The summed E-state index contributed by atoms with van der Waals surface area (Å²) < 4.78 is 15.4. The van der Waals surface area contributed by atoms with Crippen molar-refractivity contribution in [1.82, 2.24) is 20.4 Å². The highest BCUT2D eigenvalue weighted by Gasteiger charge is 2.23. The van der Waals surface area contributed by atoms with E-state index >= 15 is 0 Å². The number of rotatable bonds is 5. The van der Waals surface area contributed by atoms with Crippen LogP contribution in [0.3, 0.4) is 0 Å². The Morgan fingerprint density at radius 1 is 1.42 bits per heavy atom. The van der Waals surface area contributed by atoms with Crippen LogP contribution in [-0.4, -0.2) is 28.3 Å². The average molecular weight is 357 g/mol.